The van der Waals surface area contributed by atoms with Crippen LogP contribution in [0.15, 0.2) is 24.7 Å². The Morgan fingerprint density at radius 2 is 2.22 bits per heavy atom. The minimum atomic E-state index is -0.367. The zero-order chi connectivity index (χ0) is 13.1. The number of rotatable bonds is 4. The predicted molar refractivity (Wildman–Crippen MR) is 67.4 cm³/mol. The van der Waals surface area contributed by atoms with Gasteiger partial charge in [0.15, 0.2) is 0 Å². The van der Waals surface area contributed by atoms with Crippen LogP contribution >= 0.6 is 0 Å². The highest BCUT2D eigenvalue weighted by atomic mass is 19.1. The Morgan fingerprint density at radius 3 is 2.83 bits per heavy atom. The van der Waals surface area contributed by atoms with Crippen LogP contribution in [0.25, 0.3) is 0 Å². The molecular formula is C12H16FN5. The average molecular weight is 249 g/mol. The van der Waals surface area contributed by atoms with Crippen molar-refractivity contribution in [2.75, 3.05) is 11.9 Å². The van der Waals surface area contributed by atoms with Crippen LogP contribution in [-0.4, -0.2) is 21.8 Å². The molecule has 2 rings (SSSR count). The molecule has 0 aliphatic rings. The number of anilines is 1. The van der Waals surface area contributed by atoms with Gasteiger partial charge in [-0.3, -0.25) is 4.68 Å². The van der Waals surface area contributed by atoms with Crippen LogP contribution in [0.4, 0.5) is 10.2 Å². The van der Waals surface area contributed by atoms with Crippen LogP contribution in [0.2, 0.25) is 0 Å². The molecule has 0 bridgehead atoms. The number of aromatic nitrogens is 3. The molecule has 2 heterocycles. The molecule has 0 saturated heterocycles. The fourth-order valence-corrected chi connectivity index (χ4v) is 1.87. The molecule has 0 unspecified atom stereocenters. The summed E-state index contributed by atoms with van der Waals surface area (Å²) in [5.41, 5.74) is 7.36. The average Bonchev–Trinajstić information content (AvgIpc) is 2.74. The van der Waals surface area contributed by atoms with Crippen molar-refractivity contribution in [3.8, 4) is 0 Å². The smallest absolute Gasteiger partial charge is 0.141 e. The monoisotopic (exact) mass is 249 g/mol. The van der Waals surface area contributed by atoms with E-state index >= 15 is 0 Å². The molecule has 0 amide bonds. The molecule has 0 aliphatic carbocycles. The summed E-state index contributed by atoms with van der Waals surface area (Å²) in [6.45, 7) is 0.914. The molecule has 2 N–H and O–H groups in total. The van der Waals surface area contributed by atoms with Crippen molar-refractivity contribution < 1.29 is 4.39 Å². The Hall–Kier alpha value is -1.95. The van der Waals surface area contributed by atoms with Gasteiger partial charge in [-0.25, -0.2) is 9.37 Å². The first-order valence-corrected chi connectivity index (χ1v) is 5.63. The number of nitrogens with two attached hydrogens (primary N) is 1. The third kappa shape index (κ3) is 2.65. The maximum Gasteiger partial charge on any atom is 0.141 e. The predicted octanol–water partition coefficient (Wildman–Crippen LogP) is 1.05. The van der Waals surface area contributed by atoms with Crippen LogP contribution < -0.4 is 10.6 Å². The van der Waals surface area contributed by atoms with Gasteiger partial charge in [0.2, 0.25) is 0 Å². The van der Waals surface area contributed by atoms with Gasteiger partial charge in [-0.2, -0.15) is 5.10 Å². The lowest BCUT2D eigenvalue weighted by Crippen LogP contribution is -2.20. The molecule has 0 fully saturated rings. The van der Waals surface area contributed by atoms with Gasteiger partial charge in [0.05, 0.1) is 12.4 Å². The molecule has 0 aliphatic heterocycles. The van der Waals surface area contributed by atoms with Crippen molar-refractivity contribution in [2.45, 2.75) is 13.1 Å². The number of aryl methyl sites for hydroxylation is 1. The lowest BCUT2D eigenvalue weighted by molar-refractivity contribution is 0.617. The van der Waals surface area contributed by atoms with E-state index in [1.165, 1.54) is 12.3 Å². The van der Waals surface area contributed by atoms with E-state index in [1.807, 2.05) is 25.2 Å². The van der Waals surface area contributed by atoms with Crippen LogP contribution in [-0.2, 0) is 20.1 Å². The van der Waals surface area contributed by atoms with Gasteiger partial charge in [0.1, 0.15) is 11.6 Å². The van der Waals surface area contributed by atoms with Gasteiger partial charge in [-0.15, -0.1) is 0 Å². The fourth-order valence-electron chi connectivity index (χ4n) is 1.87. The summed E-state index contributed by atoms with van der Waals surface area (Å²) in [5.74, 6) is 0.330. The molecule has 0 atom stereocenters. The van der Waals surface area contributed by atoms with Gasteiger partial charge in [-0.1, -0.05) is 0 Å². The highest BCUT2D eigenvalue weighted by Crippen LogP contribution is 2.18. The van der Waals surface area contributed by atoms with Crippen LogP contribution in [0.1, 0.15) is 11.1 Å². The Labute approximate surface area is 105 Å². The highest BCUT2D eigenvalue weighted by Gasteiger charge is 2.10. The molecule has 5 nitrogen and oxygen atoms in total. The van der Waals surface area contributed by atoms with Crippen molar-refractivity contribution in [3.05, 3.63) is 41.6 Å². The van der Waals surface area contributed by atoms with Gasteiger partial charge in [0.25, 0.3) is 0 Å². The van der Waals surface area contributed by atoms with E-state index in [2.05, 4.69) is 10.1 Å². The van der Waals surface area contributed by atoms with E-state index in [4.69, 9.17) is 5.73 Å². The summed E-state index contributed by atoms with van der Waals surface area (Å²) in [5, 5.41) is 4.10. The topological polar surface area (TPSA) is 60.0 Å². The first-order chi connectivity index (χ1) is 8.60. The molecule has 0 saturated carbocycles. The lowest BCUT2D eigenvalue weighted by Gasteiger charge is -2.20. The minimum Gasteiger partial charge on any atom is -0.355 e. The van der Waals surface area contributed by atoms with Crippen LogP contribution in [0.5, 0.6) is 0 Å². The molecular weight excluding hydrogens is 233 g/mol. The molecule has 0 radical (unpaired) electrons. The molecule has 0 spiro atoms. The molecule has 96 valence electrons. The fraction of sp³-hybridized carbons (Fsp3) is 0.333. The Morgan fingerprint density at radius 1 is 1.44 bits per heavy atom. The second kappa shape index (κ2) is 5.14. The summed E-state index contributed by atoms with van der Waals surface area (Å²) in [6.07, 6.45) is 4.93. The van der Waals surface area contributed by atoms with E-state index < -0.39 is 0 Å². The highest BCUT2D eigenvalue weighted by molar-refractivity contribution is 5.46. The van der Waals surface area contributed by atoms with E-state index in [-0.39, 0.29) is 12.4 Å². The van der Waals surface area contributed by atoms with Gasteiger partial charge < -0.3 is 10.6 Å². The SMILES string of the molecule is CN(Cc1cnn(C)c1)c1ncc(F)cc1CN. The van der Waals surface area contributed by atoms with Crippen LogP contribution in [0, 0.1) is 5.82 Å². The summed E-state index contributed by atoms with van der Waals surface area (Å²) < 4.78 is 14.8. The summed E-state index contributed by atoms with van der Waals surface area (Å²) >= 11 is 0. The van der Waals surface area contributed by atoms with E-state index in [0.717, 1.165) is 5.56 Å². The van der Waals surface area contributed by atoms with E-state index in [9.17, 15) is 4.39 Å². The van der Waals surface area contributed by atoms with Gasteiger partial charge in [-0.05, 0) is 6.07 Å². The van der Waals surface area contributed by atoms with Crippen molar-refractivity contribution in [1.82, 2.24) is 14.8 Å². The Balaban J connectivity index is 2.20. The minimum absolute atomic E-state index is 0.261. The van der Waals surface area contributed by atoms with Crippen molar-refractivity contribution in [1.29, 1.82) is 0 Å². The van der Waals surface area contributed by atoms with E-state index in [1.54, 1.807) is 10.9 Å². The van der Waals surface area contributed by atoms with E-state index in [0.29, 0.717) is 17.9 Å². The number of hydrogen-bond acceptors (Lipinski definition) is 4. The quantitative estimate of drug-likeness (QED) is 0.880. The lowest BCUT2D eigenvalue weighted by atomic mass is 10.2. The third-order valence-electron chi connectivity index (χ3n) is 2.67. The molecule has 6 heteroatoms. The molecule has 0 aromatic carbocycles. The zero-order valence-electron chi connectivity index (χ0n) is 10.5. The van der Waals surface area contributed by atoms with Gasteiger partial charge >= 0.3 is 0 Å². The number of hydrogen-bond donors (Lipinski definition) is 1. The van der Waals surface area contributed by atoms with Gasteiger partial charge in [0, 0.05) is 44.5 Å². The largest absolute Gasteiger partial charge is 0.355 e. The van der Waals surface area contributed by atoms with Crippen LogP contribution in [0.3, 0.4) is 0 Å². The summed E-state index contributed by atoms with van der Waals surface area (Å²) in [6, 6.07) is 1.42. The summed E-state index contributed by atoms with van der Waals surface area (Å²) in [4.78, 5) is 6.02. The normalized spacial score (nSPS) is 10.7. The molecule has 18 heavy (non-hydrogen) atoms. The Kier molecular flexibility index (Phi) is 3.57. The number of pyridine rings is 1. The van der Waals surface area contributed by atoms with Crippen molar-refractivity contribution in [2.24, 2.45) is 12.8 Å². The molecule has 2 aromatic rings. The maximum atomic E-state index is 13.1. The maximum absolute atomic E-state index is 13.1. The molecule has 2 aromatic heterocycles. The standard InChI is InChI=1S/C12H16FN5/c1-17(7-9-5-16-18(2)8-9)12-10(4-14)3-11(13)6-15-12/h3,5-6,8H,4,7,14H2,1-2H3. The number of halogens is 1. The third-order valence-corrected chi connectivity index (χ3v) is 2.67. The number of nitrogens with zero attached hydrogens (tertiary/aromatic N) is 4. The Bertz CT molecular complexity index is 537. The first-order valence-electron chi connectivity index (χ1n) is 5.63. The van der Waals surface area contributed by atoms with Crippen molar-refractivity contribution >= 4 is 5.82 Å². The second-order valence-electron chi connectivity index (χ2n) is 4.22. The van der Waals surface area contributed by atoms with Crippen molar-refractivity contribution in [3.63, 3.8) is 0 Å². The second-order valence-corrected chi connectivity index (χ2v) is 4.22. The summed E-state index contributed by atoms with van der Waals surface area (Å²) in [7, 11) is 3.76. The first kappa shape index (κ1) is 12.5. The zero-order valence-corrected chi connectivity index (χ0v) is 10.5.